The van der Waals surface area contributed by atoms with Crippen LogP contribution in [0, 0.1) is 0 Å². The number of nitrogens with zero attached hydrogens (tertiary/aromatic N) is 2. The molecule has 3 aromatic rings. The van der Waals surface area contributed by atoms with Crippen LogP contribution in [-0.2, 0) is 4.79 Å². The van der Waals surface area contributed by atoms with Gasteiger partial charge in [-0.1, -0.05) is 63.9 Å². The Morgan fingerprint density at radius 1 is 0.970 bits per heavy atom. The van der Waals surface area contributed by atoms with E-state index < -0.39 is 11.8 Å². The molecule has 0 radical (unpaired) electrons. The maximum Gasteiger partial charge on any atom is 0.287 e. The van der Waals surface area contributed by atoms with Crippen molar-refractivity contribution in [3.05, 3.63) is 105 Å². The fraction of sp³-hybridized carbons (Fsp3) is 0.0800. The molecule has 0 bridgehead atoms. The summed E-state index contributed by atoms with van der Waals surface area (Å²) in [5.41, 5.74) is 5.31. The molecule has 3 rings (SSSR count). The first-order valence-electron chi connectivity index (χ1n) is 9.97. The SMILES string of the molecule is CN(C)c1ccc(/C=C(/NC(=O)c2ccccc2Cl)C(=O)N/N=C\c2cccc(Br)c2)cc1. The van der Waals surface area contributed by atoms with E-state index in [2.05, 4.69) is 31.8 Å². The van der Waals surface area contributed by atoms with Crippen LogP contribution >= 0.6 is 27.5 Å². The summed E-state index contributed by atoms with van der Waals surface area (Å²) in [6.45, 7) is 0. The molecule has 0 aliphatic rings. The lowest BCUT2D eigenvalue weighted by Gasteiger charge is -2.13. The highest BCUT2D eigenvalue weighted by Crippen LogP contribution is 2.17. The Labute approximate surface area is 206 Å². The number of benzene rings is 3. The molecule has 0 atom stereocenters. The van der Waals surface area contributed by atoms with Crippen molar-refractivity contribution in [2.24, 2.45) is 5.10 Å². The number of rotatable bonds is 7. The van der Waals surface area contributed by atoms with Crippen LogP contribution in [0.15, 0.2) is 88.1 Å². The molecule has 0 fully saturated rings. The fourth-order valence-corrected chi connectivity index (χ4v) is 3.48. The van der Waals surface area contributed by atoms with Crippen LogP contribution < -0.4 is 15.6 Å². The molecule has 0 heterocycles. The van der Waals surface area contributed by atoms with Crippen molar-refractivity contribution in [2.45, 2.75) is 0 Å². The van der Waals surface area contributed by atoms with E-state index in [1.54, 1.807) is 30.3 Å². The Balaban J connectivity index is 1.84. The molecule has 0 unspecified atom stereocenters. The van der Waals surface area contributed by atoms with E-state index in [4.69, 9.17) is 11.6 Å². The summed E-state index contributed by atoms with van der Waals surface area (Å²) < 4.78 is 0.895. The molecule has 0 aliphatic carbocycles. The summed E-state index contributed by atoms with van der Waals surface area (Å²) >= 11 is 9.53. The van der Waals surface area contributed by atoms with Crippen molar-refractivity contribution in [1.29, 1.82) is 0 Å². The van der Waals surface area contributed by atoms with Crippen LogP contribution in [0.5, 0.6) is 0 Å². The highest BCUT2D eigenvalue weighted by molar-refractivity contribution is 9.10. The Kier molecular flexibility index (Phi) is 8.40. The maximum absolute atomic E-state index is 12.9. The second-order valence-corrected chi connectivity index (χ2v) is 8.55. The van der Waals surface area contributed by atoms with Gasteiger partial charge in [0, 0.05) is 24.3 Å². The number of nitrogens with one attached hydrogen (secondary N) is 2. The quantitative estimate of drug-likeness (QED) is 0.256. The molecule has 8 heteroatoms. The van der Waals surface area contributed by atoms with Crippen LogP contribution in [0.4, 0.5) is 5.69 Å². The van der Waals surface area contributed by atoms with Crippen LogP contribution in [0.2, 0.25) is 5.02 Å². The minimum atomic E-state index is -0.571. The van der Waals surface area contributed by atoms with Crippen molar-refractivity contribution in [3.63, 3.8) is 0 Å². The zero-order valence-corrected chi connectivity index (χ0v) is 20.4. The van der Waals surface area contributed by atoms with Crippen LogP contribution in [0.3, 0.4) is 0 Å². The first kappa shape index (κ1) is 24.2. The average Bonchev–Trinajstić information content (AvgIpc) is 2.79. The number of halogens is 2. The van der Waals surface area contributed by atoms with Gasteiger partial charge in [0.05, 0.1) is 16.8 Å². The minimum Gasteiger partial charge on any atom is -0.378 e. The number of hydrazone groups is 1. The molecule has 0 aromatic heterocycles. The summed E-state index contributed by atoms with van der Waals surface area (Å²) in [6, 6.07) is 21.6. The second kappa shape index (κ2) is 11.4. The largest absolute Gasteiger partial charge is 0.378 e. The normalized spacial score (nSPS) is 11.3. The van der Waals surface area contributed by atoms with E-state index in [1.807, 2.05) is 67.5 Å². The summed E-state index contributed by atoms with van der Waals surface area (Å²) in [6.07, 6.45) is 3.10. The van der Waals surface area contributed by atoms with Crippen LogP contribution in [0.1, 0.15) is 21.5 Å². The van der Waals surface area contributed by atoms with Crippen molar-refractivity contribution in [3.8, 4) is 0 Å². The third kappa shape index (κ3) is 7.03. The molecule has 6 nitrogen and oxygen atoms in total. The van der Waals surface area contributed by atoms with E-state index in [-0.39, 0.29) is 16.3 Å². The number of hydrogen-bond donors (Lipinski definition) is 2. The van der Waals surface area contributed by atoms with Crippen molar-refractivity contribution < 1.29 is 9.59 Å². The zero-order valence-electron chi connectivity index (χ0n) is 18.0. The molecule has 0 spiro atoms. The van der Waals surface area contributed by atoms with Gasteiger partial charge >= 0.3 is 0 Å². The molecular formula is C25H22BrClN4O2. The third-order valence-electron chi connectivity index (χ3n) is 4.56. The van der Waals surface area contributed by atoms with Gasteiger partial charge in [-0.15, -0.1) is 0 Å². The van der Waals surface area contributed by atoms with Gasteiger partial charge in [0.1, 0.15) is 5.70 Å². The molecule has 2 N–H and O–H groups in total. The number of carbonyl (C=O) groups is 2. The molecule has 2 amide bonds. The summed E-state index contributed by atoms with van der Waals surface area (Å²) in [4.78, 5) is 27.6. The summed E-state index contributed by atoms with van der Waals surface area (Å²) in [5, 5.41) is 6.95. The van der Waals surface area contributed by atoms with Crippen molar-refractivity contribution in [2.75, 3.05) is 19.0 Å². The lowest BCUT2D eigenvalue weighted by molar-refractivity contribution is -0.117. The Hall–Kier alpha value is -3.42. The van der Waals surface area contributed by atoms with Crippen LogP contribution in [-0.4, -0.2) is 32.1 Å². The molecule has 168 valence electrons. The van der Waals surface area contributed by atoms with Gasteiger partial charge in [-0.3, -0.25) is 9.59 Å². The lowest BCUT2D eigenvalue weighted by Crippen LogP contribution is -2.33. The summed E-state index contributed by atoms with van der Waals surface area (Å²) in [5.74, 6) is -1.07. The predicted molar refractivity (Wildman–Crippen MR) is 138 cm³/mol. The molecule has 0 aliphatic heterocycles. The molecule has 3 aromatic carbocycles. The standard InChI is InChI=1S/C25H22BrClN4O2/c1-31(2)20-12-10-17(11-13-20)15-23(29-24(32)21-8-3-4-9-22(21)27)25(33)30-28-16-18-6-5-7-19(26)14-18/h3-16H,1-2H3,(H,29,32)(H,30,33)/b23-15+,28-16-. The third-order valence-corrected chi connectivity index (χ3v) is 5.38. The second-order valence-electron chi connectivity index (χ2n) is 7.23. The maximum atomic E-state index is 12.9. The first-order valence-corrected chi connectivity index (χ1v) is 11.1. The van der Waals surface area contributed by atoms with Gasteiger partial charge in [0.2, 0.25) is 0 Å². The Morgan fingerprint density at radius 3 is 2.36 bits per heavy atom. The smallest absolute Gasteiger partial charge is 0.287 e. The summed E-state index contributed by atoms with van der Waals surface area (Å²) in [7, 11) is 3.88. The number of anilines is 1. The van der Waals surface area contributed by atoms with Gasteiger partial charge in [0.15, 0.2) is 0 Å². The van der Waals surface area contributed by atoms with E-state index in [0.29, 0.717) is 0 Å². The van der Waals surface area contributed by atoms with E-state index in [9.17, 15) is 9.59 Å². The molecule has 33 heavy (non-hydrogen) atoms. The van der Waals surface area contributed by atoms with Gasteiger partial charge in [-0.2, -0.15) is 5.10 Å². The zero-order chi connectivity index (χ0) is 23.8. The van der Waals surface area contributed by atoms with E-state index in [1.165, 1.54) is 6.21 Å². The molecular weight excluding hydrogens is 504 g/mol. The fourth-order valence-electron chi connectivity index (χ4n) is 2.84. The molecule has 0 saturated carbocycles. The van der Waals surface area contributed by atoms with E-state index >= 15 is 0 Å². The van der Waals surface area contributed by atoms with Gasteiger partial charge in [-0.25, -0.2) is 5.43 Å². The van der Waals surface area contributed by atoms with Crippen LogP contribution in [0.25, 0.3) is 6.08 Å². The highest BCUT2D eigenvalue weighted by Gasteiger charge is 2.16. The minimum absolute atomic E-state index is 0.0314. The highest BCUT2D eigenvalue weighted by atomic mass is 79.9. The van der Waals surface area contributed by atoms with Gasteiger partial charge in [-0.05, 0) is 53.6 Å². The molecule has 0 saturated heterocycles. The Bertz CT molecular complexity index is 1210. The van der Waals surface area contributed by atoms with Crippen molar-refractivity contribution >= 4 is 57.3 Å². The monoisotopic (exact) mass is 524 g/mol. The van der Waals surface area contributed by atoms with Gasteiger partial charge in [0.25, 0.3) is 11.8 Å². The average molecular weight is 526 g/mol. The number of carbonyl (C=O) groups excluding carboxylic acids is 2. The van der Waals surface area contributed by atoms with E-state index in [0.717, 1.165) is 21.3 Å². The predicted octanol–water partition coefficient (Wildman–Crippen LogP) is 5.09. The number of amides is 2. The van der Waals surface area contributed by atoms with Gasteiger partial charge < -0.3 is 10.2 Å². The van der Waals surface area contributed by atoms with Crippen molar-refractivity contribution in [1.82, 2.24) is 10.7 Å². The first-order chi connectivity index (χ1) is 15.8. The topological polar surface area (TPSA) is 73.8 Å². The number of hydrogen-bond acceptors (Lipinski definition) is 4. The lowest BCUT2D eigenvalue weighted by atomic mass is 10.1. The Morgan fingerprint density at radius 2 is 1.70 bits per heavy atom.